The smallest absolute Gasteiger partial charge is 0.318 e. The van der Waals surface area contributed by atoms with Crippen LogP contribution in [-0.4, -0.2) is 23.3 Å². The van der Waals surface area contributed by atoms with Crippen molar-refractivity contribution in [3.05, 3.63) is 5.89 Å². The van der Waals surface area contributed by atoms with Crippen LogP contribution in [0.4, 0.5) is 6.01 Å². The van der Waals surface area contributed by atoms with Crippen LogP contribution in [-0.2, 0) is 5.88 Å². The van der Waals surface area contributed by atoms with Crippen LogP contribution in [0.25, 0.3) is 0 Å². The van der Waals surface area contributed by atoms with Crippen molar-refractivity contribution in [2.75, 3.05) is 18.0 Å². The number of hydrogen-bond donors (Lipinski definition) is 0. The molecule has 1 aliphatic rings. The molecule has 1 saturated heterocycles. The number of aromatic nitrogens is 2. The maximum absolute atomic E-state index is 5.59. The molecule has 1 aromatic heterocycles. The molecule has 0 aliphatic carbocycles. The summed E-state index contributed by atoms with van der Waals surface area (Å²) >= 11 is 5.59. The second-order valence-corrected chi connectivity index (χ2v) is 4.05. The Labute approximate surface area is 88.2 Å². The van der Waals surface area contributed by atoms with E-state index in [1.165, 1.54) is 12.8 Å². The summed E-state index contributed by atoms with van der Waals surface area (Å²) in [6, 6.07) is 0.618. The number of anilines is 1. The van der Waals surface area contributed by atoms with E-state index in [1.807, 2.05) is 0 Å². The molecule has 0 amide bonds. The van der Waals surface area contributed by atoms with Gasteiger partial charge in [0.25, 0.3) is 0 Å². The number of halogens is 1. The van der Waals surface area contributed by atoms with Gasteiger partial charge in [-0.1, -0.05) is 12.0 Å². The molecule has 5 heteroatoms. The molecule has 1 aromatic rings. The first-order valence-corrected chi connectivity index (χ1v) is 5.46. The first kappa shape index (κ1) is 9.77. The molecule has 78 valence electrons. The predicted octanol–water partition coefficient (Wildman–Crippen LogP) is 2.04. The van der Waals surface area contributed by atoms with Gasteiger partial charge in [0.1, 0.15) is 5.88 Å². The summed E-state index contributed by atoms with van der Waals surface area (Å²) in [5.74, 6) is 1.60. The zero-order chi connectivity index (χ0) is 9.97. The fraction of sp³-hybridized carbons (Fsp3) is 0.778. The lowest BCUT2D eigenvalue weighted by atomic mass is 10.00. The summed E-state index contributed by atoms with van der Waals surface area (Å²) in [5, 5.41) is 7.80. The highest BCUT2D eigenvalue weighted by molar-refractivity contribution is 6.16. The SMILES string of the molecule is CC1CCN(c2nnc(CCl)o2)CC1. The van der Waals surface area contributed by atoms with Crippen LogP contribution in [0.2, 0.25) is 0 Å². The molecule has 0 spiro atoms. The van der Waals surface area contributed by atoms with Crippen molar-refractivity contribution < 1.29 is 4.42 Å². The van der Waals surface area contributed by atoms with E-state index in [0.29, 0.717) is 11.9 Å². The van der Waals surface area contributed by atoms with Gasteiger partial charge in [0.05, 0.1) is 0 Å². The van der Waals surface area contributed by atoms with Gasteiger partial charge in [0, 0.05) is 13.1 Å². The molecule has 0 aromatic carbocycles. The Kier molecular flexibility index (Phi) is 2.91. The van der Waals surface area contributed by atoms with Crippen molar-refractivity contribution in [2.24, 2.45) is 5.92 Å². The standard InChI is InChI=1S/C9H14ClN3O/c1-7-2-4-13(5-3-7)9-12-11-8(6-10)14-9/h7H,2-6H2,1H3. The van der Waals surface area contributed by atoms with Gasteiger partial charge in [-0.3, -0.25) is 0 Å². The van der Waals surface area contributed by atoms with Crippen LogP contribution < -0.4 is 4.90 Å². The topological polar surface area (TPSA) is 42.2 Å². The third-order valence-corrected chi connectivity index (χ3v) is 2.85. The lowest BCUT2D eigenvalue weighted by Crippen LogP contribution is -2.32. The van der Waals surface area contributed by atoms with Crippen LogP contribution in [0.5, 0.6) is 0 Å². The molecule has 0 unspecified atom stereocenters. The molecule has 0 atom stereocenters. The zero-order valence-corrected chi connectivity index (χ0v) is 9.00. The van der Waals surface area contributed by atoms with Crippen molar-refractivity contribution in [1.82, 2.24) is 10.2 Å². The average Bonchev–Trinajstić information content (AvgIpc) is 2.67. The van der Waals surface area contributed by atoms with Crippen LogP contribution >= 0.6 is 11.6 Å². The Morgan fingerprint density at radius 1 is 1.43 bits per heavy atom. The van der Waals surface area contributed by atoms with Gasteiger partial charge in [-0.2, -0.15) is 0 Å². The third-order valence-electron chi connectivity index (χ3n) is 2.62. The third kappa shape index (κ3) is 2.00. The Hall–Kier alpha value is -0.770. The molecule has 2 rings (SSSR count). The number of nitrogens with zero attached hydrogens (tertiary/aromatic N) is 3. The lowest BCUT2D eigenvalue weighted by Gasteiger charge is -2.28. The van der Waals surface area contributed by atoms with Crippen molar-refractivity contribution in [3.8, 4) is 0 Å². The zero-order valence-electron chi connectivity index (χ0n) is 8.24. The van der Waals surface area contributed by atoms with E-state index in [0.717, 1.165) is 19.0 Å². The van der Waals surface area contributed by atoms with Crippen molar-refractivity contribution in [3.63, 3.8) is 0 Å². The van der Waals surface area contributed by atoms with Gasteiger partial charge in [-0.05, 0) is 18.8 Å². The van der Waals surface area contributed by atoms with Gasteiger partial charge < -0.3 is 9.32 Å². The van der Waals surface area contributed by atoms with Gasteiger partial charge >= 0.3 is 6.01 Å². The van der Waals surface area contributed by atoms with Crippen LogP contribution in [0.1, 0.15) is 25.7 Å². The summed E-state index contributed by atoms with van der Waals surface area (Å²) in [4.78, 5) is 2.13. The van der Waals surface area contributed by atoms with Gasteiger partial charge in [-0.15, -0.1) is 16.7 Å². The minimum absolute atomic E-state index is 0.289. The monoisotopic (exact) mass is 215 g/mol. The predicted molar refractivity (Wildman–Crippen MR) is 54.5 cm³/mol. The molecule has 0 saturated carbocycles. The molecule has 1 aliphatic heterocycles. The first-order chi connectivity index (χ1) is 6.79. The normalized spacial score (nSPS) is 18.9. The second-order valence-electron chi connectivity index (χ2n) is 3.78. The lowest BCUT2D eigenvalue weighted by molar-refractivity contribution is 0.408. The molecule has 14 heavy (non-hydrogen) atoms. The minimum Gasteiger partial charge on any atom is -0.407 e. The largest absolute Gasteiger partial charge is 0.407 e. The van der Waals surface area contributed by atoms with Gasteiger partial charge in [0.2, 0.25) is 5.89 Å². The summed E-state index contributed by atoms with van der Waals surface area (Å²) in [6.45, 7) is 4.28. The van der Waals surface area contributed by atoms with E-state index in [1.54, 1.807) is 0 Å². The first-order valence-electron chi connectivity index (χ1n) is 4.93. The van der Waals surface area contributed by atoms with Crippen molar-refractivity contribution in [1.29, 1.82) is 0 Å². The fourth-order valence-electron chi connectivity index (χ4n) is 1.63. The molecular formula is C9H14ClN3O. The highest BCUT2D eigenvalue weighted by atomic mass is 35.5. The number of alkyl halides is 1. The van der Waals surface area contributed by atoms with E-state index in [9.17, 15) is 0 Å². The molecule has 0 radical (unpaired) electrons. The van der Waals surface area contributed by atoms with E-state index >= 15 is 0 Å². The van der Waals surface area contributed by atoms with E-state index in [-0.39, 0.29) is 5.88 Å². The number of hydrogen-bond acceptors (Lipinski definition) is 4. The van der Waals surface area contributed by atoms with E-state index in [2.05, 4.69) is 22.0 Å². The Morgan fingerprint density at radius 3 is 2.71 bits per heavy atom. The molecular weight excluding hydrogens is 202 g/mol. The quantitative estimate of drug-likeness (QED) is 0.709. The van der Waals surface area contributed by atoms with Crippen molar-refractivity contribution in [2.45, 2.75) is 25.6 Å². The van der Waals surface area contributed by atoms with Gasteiger partial charge in [0.15, 0.2) is 0 Å². The fourth-order valence-corrected chi connectivity index (χ4v) is 1.73. The Balaban J connectivity index is 2.01. The molecule has 4 nitrogen and oxygen atoms in total. The average molecular weight is 216 g/mol. The van der Waals surface area contributed by atoms with Crippen LogP contribution in [0.3, 0.4) is 0 Å². The molecule has 0 bridgehead atoms. The van der Waals surface area contributed by atoms with Crippen LogP contribution in [0.15, 0.2) is 4.42 Å². The highest BCUT2D eigenvalue weighted by Crippen LogP contribution is 2.21. The van der Waals surface area contributed by atoms with E-state index < -0.39 is 0 Å². The van der Waals surface area contributed by atoms with E-state index in [4.69, 9.17) is 16.0 Å². The second kappa shape index (κ2) is 4.17. The summed E-state index contributed by atoms with van der Waals surface area (Å²) < 4.78 is 5.38. The maximum atomic E-state index is 5.59. The number of piperidine rings is 1. The Bertz CT molecular complexity index is 294. The van der Waals surface area contributed by atoms with Crippen LogP contribution in [0, 0.1) is 5.92 Å². The minimum atomic E-state index is 0.289. The van der Waals surface area contributed by atoms with Gasteiger partial charge in [-0.25, -0.2) is 0 Å². The maximum Gasteiger partial charge on any atom is 0.318 e. The Morgan fingerprint density at radius 2 is 2.14 bits per heavy atom. The molecule has 2 heterocycles. The number of rotatable bonds is 2. The van der Waals surface area contributed by atoms with Crippen molar-refractivity contribution >= 4 is 17.6 Å². The molecule has 0 N–H and O–H groups in total. The summed E-state index contributed by atoms with van der Waals surface area (Å²) in [6.07, 6.45) is 2.39. The molecule has 1 fully saturated rings. The highest BCUT2D eigenvalue weighted by Gasteiger charge is 2.20. The summed E-state index contributed by atoms with van der Waals surface area (Å²) in [7, 11) is 0. The summed E-state index contributed by atoms with van der Waals surface area (Å²) in [5.41, 5.74) is 0.